The van der Waals surface area contributed by atoms with Gasteiger partial charge in [-0.15, -0.1) is 0 Å². The Morgan fingerprint density at radius 2 is 2.07 bits per heavy atom. The maximum absolute atomic E-state index is 5.88. The lowest BCUT2D eigenvalue weighted by molar-refractivity contribution is 0.230. The van der Waals surface area contributed by atoms with Crippen LogP contribution in [-0.4, -0.2) is 24.0 Å². The van der Waals surface area contributed by atoms with Crippen molar-refractivity contribution in [2.45, 2.75) is 19.0 Å². The van der Waals surface area contributed by atoms with E-state index in [1.807, 2.05) is 0 Å². The zero-order valence-electron chi connectivity index (χ0n) is 8.39. The summed E-state index contributed by atoms with van der Waals surface area (Å²) >= 11 is 0. The van der Waals surface area contributed by atoms with Gasteiger partial charge in [-0.25, -0.2) is 0 Å². The first-order valence-corrected chi connectivity index (χ1v) is 5.20. The minimum atomic E-state index is 0.257. The molecule has 1 aliphatic heterocycles. The Kier molecular flexibility index (Phi) is 3.17. The van der Waals surface area contributed by atoms with Crippen LogP contribution in [0.3, 0.4) is 0 Å². The number of benzene rings is 1. The highest BCUT2D eigenvalue weighted by Gasteiger charge is 2.16. The molecule has 2 N–H and O–H groups in total. The predicted octanol–water partition coefficient (Wildman–Crippen LogP) is 1.42. The molecule has 75 valence electrons. The Morgan fingerprint density at radius 1 is 1.29 bits per heavy atom. The lowest BCUT2D eigenvalue weighted by Gasteiger charge is -2.30. The van der Waals surface area contributed by atoms with Gasteiger partial charge < -0.3 is 5.73 Å². The van der Waals surface area contributed by atoms with E-state index in [0.29, 0.717) is 0 Å². The maximum Gasteiger partial charge on any atom is 0.0234 e. The largest absolute Gasteiger partial charge is 0.326 e. The van der Waals surface area contributed by atoms with Gasteiger partial charge >= 0.3 is 0 Å². The van der Waals surface area contributed by atoms with Crippen molar-refractivity contribution in [2.24, 2.45) is 5.73 Å². The third kappa shape index (κ3) is 2.56. The topological polar surface area (TPSA) is 29.3 Å². The van der Waals surface area contributed by atoms with Crippen molar-refractivity contribution in [2.75, 3.05) is 13.1 Å². The van der Waals surface area contributed by atoms with Gasteiger partial charge in [0.2, 0.25) is 0 Å². The summed E-state index contributed by atoms with van der Waals surface area (Å²) in [7, 11) is 0. The third-order valence-electron chi connectivity index (χ3n) is 2.63. The number of nitrogens with zero attached hydrogens (tertiary/aromatic N) is 1. The van der Waals surface area contributed by atoms with Crippen molar-refractivity contribution >= 4 is 0 Å². The quantitative estimate of drug-likeness (QED) is 0.762. The molecule has 1 aromatic carbocycles. The average molecular weight is 189 g/mol. The second kappa shape index (κ2) is 4.58. The second-order valence-electron chi connectivity index (χ2n) is 3.91. The molecular weight excluding hydrogens is 172 g/mol. The smallest absolute Gasteiger partial charge is 0.0234 e. The summed E-state index contributed by atoms with van der Waals surface area (Å²) in [4.78, 5) is 2.42. The van der Waals surface area contributed by atoms with Gasteiger partial charge in [0.05, 0.1) is 0 Å². The van der Waals surface area contributed by atoms with Crippen molar-refractivity contribution in [3.8, 4) is 0 Å². The summed E-state index contributed by atoms with van der Waals surface area (Å²) in [5.41, 5.74) is 7.26. The van der Waals surface area contributed by atoms with Crippen molar-refractivity contribution in [1.82, 2.24) is 4.90 Å². The monoisotopic (exact) mass is 189 g/mol. The van der Waals surface area contributed by atoms with Crippen molar-refractivity contribution < 1.29 is 0 Å². The first-order chi connectivity index (χ1) is 6.84. The van der Waals surface area contributed by atoms with Crippen molar-refractivity contribution in [3.63, 3.8) is 0 Å². The van der Waals surface area contributed by atoms with E-state index in [2.05, 4.69) is 41.7 Å². The summed E-state index contributed by atoms with van der Waals surface area (Å²) in [6.45, 7) is 3.17. The third-order valence-corrected chi connectivity index (χ3v) is 2.63. The normalized spacial score (nSPS) is 23.6. The second-order valence-corrected chi connectivity index (χ2v) is 3.91. The van der Waals surface area contributed by atoms with Crippen LogP contribution in [0.15, 0.2) is 30.3 Å². The van der Waals surface area contributed by atoms with Gasteiger partial charge in [-0.2, -0.15) is 0 Å². The van der Waals surface area contributed by atoms with Crippen LogP contribution in [0.25, 0.3) is 0 Å². The molecule has 1 unspecified atom stereocenters. The van der Waals surface area contributed by atoms with Gasteiger partial charge in [0, 0.05) is 19.1 Å². The predicted molar refractivity (Wildman–Crippen MR) is 58.6 cm³/mol. The van der Waals surface area contributed by atoms with Crippen LogP contribution in [0.1, 0.15) is 12.0 Å². The molecule has 0 aliphatic carbocycles. The van der Waals surface area contributed by atoms with E-state index >= 15 is 0 Å². The molecule has 1 saturated heterocycles. The average Bonchev–Trinajstić information content (AvgIpc) is 2.19. The van der Waals surface area contributed by atoms with Crippen LogP contribution in [0.4, 0.5) is 0 Å². The molecule has 0 bridgehead atoms. The summed E-state index contributed by atoms with van der Waals surface area (Å²) in [6, 6.07) is 10.8. The van der Waals surface area contributed by atoms with Gasteiger partial charge in [0.1, 0.15) is 0 Å². The van der Waals surface area contributed by atoms with Crippen molar-refractivity contribution in [3.05, 3.63) is 42.3 Å². The molecule has 2 nitrogen and oxygen atoms in total. The molecule has 1 aliphatic rings. The maximum atomic E-state index is 5.88. The number of piperidine rings is 1. The minimum absolute atomic E-state index is 0.257. The summed E-state index contributed by atoms with van der Waals surface area (Å²) < 4.78 is 0. The number of rotatable bonds is 2. The molecule has 0 aromatic heterocycles. The fourth-order valence-electron chi connectivity index (χ4n) is 1.92. The Balaban J connectivity index is 1.91. The van der Waals surface area contributed by atoms with E-state index in [4.69, 9.17) is 5.73 Å². The Hall–Kier alpha value is -0.860. The van der Waals surface area contributed by atoms with E-state index < -0.39 is 0 Å². The summed E-state index contributed by atoms with van der Waals surface area (Å²) in [6.07, 6.45) is 3.33. The molecular formula is C12H17N2. The molecule has 2 heteroatoms. The minimum Gasteiger partial charge on any atom is -0.326 e. The van der Waals surface area contributed by atoms with E-state index in [-0.39, 0.29) is 6.04 Å². The molecule has 1 atom stereocenters. The van der Waals surface area contributed by atoms with Crippen LogP contribution >= 0.6 is 0 Å². The molecule has 1 radical (unpaired) electrons. The first-order valence-electron chi connectivity index (χ1n) is 5.20. The Labute approximate surface area is 85.7 Å². The van der Waals surface area contributed by atoms with Crippen LogP contribution in [-0.2, 0) is 6.54 Å². The van der Waals surface area contributed by atoms with Gasteiger partial charge in [-0.05, 0) is 24.9 Å². The molecule has 0 amide bonds. The van der Waals surface area contributed by atoms with Crippen molar-refractivity contribution in [1.29, 1.82) is 0 Å². The van der Waals surface area contributed by atoms with E-state index in [1.165, 1.54) is 5.56 Å². The van der Waals surface area contributed by atoms with Crippen LogP contribution in [0.2, 0.25) is 0 Å². The van der Waals surface area contributed by atoms with Gasteiger partial charge in [0.15, 0.2) is 0 Å². The fraction of sp³-hybridized carbons (Fsp3) is 0.417. The van der Waals surface area contributed by atoms with E-state index in [9.17, 15) is 0 Å². The standard InChI is InChI=1S/C12H17N2/c13-12-7-4-8-14(10-12)9-11-5-2-1-3-6-11/h1-3,5-7,12H,4,8-10,13H2. The fourth-order valence-corrected chi connectivity index (χ4v) is 1.92. The number of nitrogens with two attached hydrogens (primary N) is 1. The molecule has 1 fully saturated rings. The lowest BCUT2D eigenvalue weighted by Crippen LogP contribution is -2.42. The van der Waals surface area contributed by atoms with Gasteiger partial charge in [0.25, 0.3) is 0 Å². The molecule has 0 saturated carbocycles. The number of hydrogen-bond donors (Lipinski definition) is 1. The van der Waals surface area contributed by atoms with Gasteiger partial charge in [-0.3, -0.25) is 4.90 Å². The molecule has 2 rings (SSSR count). The zero-order chi connectivity index (χ0) is 9.80. The summed E-state index contributed by atoms with van der Waals surface area (Å²) in [5, 5.41) is 0. The van der Waals surface area contributed by atoms with E-state index in [0.717, 1.165) is 26.1 Å². The van der Waals surface area contributed by atoms with Crippen LogP contribution < -0.4 is 5.73 Å². The van der Waals surface area contributed by atoms with E-state index in [1.54, 1.807) is 0 Å². The first kappa shape index (κ1) is 9.69. The molecule has 0 spiro atoms. The molecule has 1 aromatic rings. The lowest BCUT2D eigenvalue weighted by atomic mass is 10.1. The Morgan fingerprint density at radius 3 is 2.79 bits per heavy atom. The Bertz CT molecular complexity index is 271. The van der Waals surface area contributed by atoms with Crippen LogP contribution in [0.5, 0.6) is 0 Å². The molecule has 14 heavy (non-hydrogen) atoms. The summed E-state index contributed by atoms with van der Waals surface area (Å²) in [5.74, 6) is 0. The SMILES string of the molecule is NC1[CH]CCN(Cc2ccccc2)C1. The highest BCUT2D eigenvalue weighted by molar-refractivity contribution is 5.14. The number of hydrogen-bond acceptors (Lipinski definition) is 2. The number of likely N-dealkylation sites (tertiary alicyclic amines) is 1. The van der Waals surface area contributed by atoms with Crippen LogP contribution in [0, 0.1) is 6.42 Å². The van der Waals surface area contributed by atoms with Gasteiger partial charge in [-0.1, -0.05) is 30.3 Å². The highest BCUT2D eigenvalue weighted by Crippen LogP contribution is 2.11. The molecule has 1 heterocycles. The zero-order valence-corrected chi connectivity index (χ0v) is 8.39. The highest BCUT2D eigenvalue weighted by atomic mass is 15.1.